The van der Waals surface area contributed by atoms with Crippen molar-refractivity contribution in [2.45, 2.75) is 6.92 Å². The van der Waals surface area contributed by atoms with Crippen LogP contribution in [0.1, 0.15) is 47.2 Å². The van der Waals surface area contributed by atoms with Crippen molar-refractivity contribution in [1.29, 1.82) is 0 Å². The van der Waals surface area contributed by atoms with Crippen molar-refractivity contribution in [3.05, 3.63) is 81.0 Å². The van der Waals surface area contributed by atoms with Gasteiger partial charge >= 0.3 is 5.97 Å². The van der Waals surface area contributed by atoms with Gasteiger partial charge in [-0.25, -0.2) is 9.69 Å². The Morgan fingerprint density at radius 3 is 2.32 bits per heavy atom. The van der Waals surface area contributed by atoms with Gasteiger partial charge in [-0.2, -0.15) is 0 Å². The smallest absolute Gasteiger partial charge is 0.338 e. The number of hydrazine groups is 1. The highest BCUT2D eigenvalue weighted by atomic mass is 79.9. The minimum absolute atomic E-state index is 0.00804. The van der Waals surface area contributed by atoms with E-state index in [0.717, 1.165) is 9.37 Å². The van der Waals surface area contributed by atoms with Gasteiger partial charge in [-0.1, -0.05) is 21.1 Å². The maximum absolute atomic E-state index is 12.7. The SMILES string of the molecule is Cc1cc(N2C(=O)c3ccc(C(=O)OCC(=O)NNC(=O)c4ccc(Br)cc4)cc3C2=O)no1. The van der Waals surface area contributed by atoms with Crippen molar-refractivity contribution in [3.63, 3.8) is 0 Å². The Bertz CT molecular complexity index is 1330. The molecule has 0 aliphatic carbocycles. The first-order valence-corrected chi connectivity index (χ1v) is 10.5. The first-order valence-electron chi connectivity index (χ1n) is 9.72. The minimum atomic E-state index is -0.895. The van der Waals surface area contributed by atoms with E-state index in [-0.39, 0.29) is 22.5 Å². The highest BCUT2D eigenvalue weighted by Crippen LogP contribution is 2.28. The molecule has 1 aliphatic heterocycles. The van der Waals surface area contributed by atoms with Crippen molar-refractivity contribution in [1.82, 2.24) is 16.0 Å². The number of aryl methyl sites for hydroxylation is 1. The maximum atomic E-state index is 12.7. The Morgan fingerprint density at radius 1 is 0.971 bits per heavy atom. The molecule has 11 nitrogen and oxygen atoms in total. The molecular weight excluding hydrogens is 512 g/mol. The predicted octanol–water partition coefficient (Wildman–Crippen LogP) is 2.16. The summed E-state index contributed by atoms with van der Waals surface area (Å²) in [7, 11) is 0. The average molecular weight is 527 g/mol. The number of benzene rings is 2. The van der Waals surface area contributed by atoms with Crippen LogP contribution in [-0.4, -0.2) is 41.4 Å². The third-order valence-corrected chi connectivity index (χ3v) is 5.25. The number of hydrogen-bond donors (Lipinski definition) is 2. The summed E-state index contributed by atoms with van der Waals surface area (Å²) < 4.78 is 10.6. The number of aromatic nitrogens is 1. The van der Waals surface area contributed by atoms with Gasteiger partial charge in [-0.15, -0.1) is 0 Å². The summed E-state index contributed by atoms with van der Waals surface area (Å²) in [6.45, 7) is 0.929. The second-order valence-corrected chi connectivity index (χ2v) is 8.00. The predicted molar refractivity (Wildman–Crippen MR) is 119 cm³/mol. The molecule has 4 amide bonds. The second-order valence-electron chi connectivity index (χ2n) is 7.09. The summed E-state index contributed by atoms with van der Waals surface area (Å²) in [6, 6.07) is 11.7. The standard InChI is InChI=1S/C22H15BrN4O7/c1-11-8-17(26-34-11)27-20(30)15-7-4-13(9-16(15)21(27)31)22(32)33-10-18(28)24-25-19(29)12-2-5-14(23)6-3-12/h2-9H,10H2,1H3,(H,24,28)(H,25,29). The van der Waals surface area contributed by atoms with Crippen LogP contribution in [0.5, 0.6) is 0 Å². The number of anilines is 1. The number of fused-ring (bicyclic) bond motifs is 1. The fourth-order valence-electron chi connectivity index (χ4n) is 3.08. The molecule has 0 saturated carbocycles. The first kappa shape index (κ1) is 22.9. The van der Waals surface area contributed by atoms with Gasteiger partial charge in [0, 0.05) is 16.1 Å². The Morgan fingerprint density at radius 2 is 1.65 bits per heavy atom. The highest BCUT2D eigenvalue weighted by Gasteiger charge is 2.38. The normalized spacial score (nSPS) is 12.4. The number of ether oxygens (including phenoxy) is 1. The van der Waals surface area contributed by atoms with Crippen molar-refractivity contribution >= 4 is 51.3 Å². The molecule has 0 atom stereocenters. The molecule has 0 fully saturated rings. The summed E-state index contributed by atoms with van der Waals surface area (Å²) in [5.41, 5.74) is 4.70. The number of rotatable bonds is 5. The largest absolute Gasteiger partial charge is 0.452 e. The number of imide groups is 1. The van der Waals surface area contributed by atoms with Gasteiger partial charge in [0.25, 0.3) is 23.6 Å². The molecule has 3 aromatic rings. The number of amides is 4. The van der Waals surface area contributed by atoms with Crippen LogP contribution in [0.25, 0.3) is 0 Å². The Labute approximate surface area is 200 Å². The van der Waals surface area contributed by atoms with Crippen LogP contribution in [0, 0.1) is 6.92 Å². The molecule has 2 heterocycles. The van der Waals surface area contributed by atoms with E-state index in [2.05, 4.69) is 31.9 Å². The number of halogens is 1. The first-order chi connectivity index (χ1) is 16.2. The van der Waals surface area contributed by atoms with Crippen molar-refractivity contribution in [2.75, 3.05) is 11.5 Å². The molecule has 12 heteroatoms. The number of hydrogen-bond acceptors (Lipinski definition) is 8. The van der Waals surface area contributed by atoms with Gasteiger partial charge in [-0.05, 0) is 49.4 Å². The van der Waals surface area contributed by atoms with Crippen LogP contribution in [0.3, 0.4) is 0 Å². The molecule has 0 unspecified atom stereocenters. The molecule has 2 aromatic carbocycles. The number of esters is 1. The zero-order valence-corrected chi connectivity index (χ0v) is 19.0. The summed E-state index contributed by atoms with van der Waals surface area (Å²) in [6.07, 6.45) is 0. The van der Waals surface area contributed by atoms with Crippen LogP contribution in [0.4, 0.5) is 5.82 Å². The molecule has 0 bridgehead atoms. The summed E-state index contributed by atoms with van der Waals surface area (Å²) in [5, 5.41) is 3.68. The lowest BCUT2D eigenvalue weighted by Gasteiger charge is -2.08. The van der Waals surface area contributed by atoms with Gasteiger partial charge < -0.3 is 9.26 Å². The lowest BCUT2D eigenvalue weighted by Crippen LogP contribution is -2.43. The van der Waals surface area contributed by atoms with E-state index in [1.165, 1.54) is 24.3 Å². The minimum Gasteiger partial charge on any atom is -0.452 e. The van der Waals surface area contributed by atoms with Crippen LogP contribution < -0.4 is 15.8 Å². The molecule has 0 radical (unpaired) electrons. The molecule has 0 spiro atoms. The number of carbonyl (C=O) groups is 5. The third kappa shape index (κ3) is 4.57. The topological polar surface area (TPSA) is 148 Å². The zero-order valence-electron chi connectivity index (χ0n) is 17.5. The summed E-state index contributed by atoms with van der Waals surface area (Å²) in [5.74, 6) is -3.05. The van der Waals surface area contributed by atoms with Gasteiger partial charge in [0.2, 0.25) is 0 Å². The van der Waals surface area contributed by atoms with E-state index in [1.54, 1.807) is 31.2 Å². The maximum Gasteiger partial charge on any atom is 0.338 e. The van der Waals surface area contributed by atoms with Crippen LogP contribution in [-0.2, 0) is 9.53 Å². The molecule has 172 valence electrons. The third-order valence-electron chi connectivity index (χ3n) is 4.72. The molecule has 1 aromatic heterocycles. The zero-order chi connectivity index (χ0) is 24.4. The Kier molecular flexibility index (Phi) is 6.23. The highest BCUT2D eigenvalue weighted by molar-refractivity contribution is 9.10. The van der Waals surface area contributed by atoms with Crippen molar-refractivity contribution < 1.29 is 33.2 Å². The average Bonchev–Trinajstić information content (AvgIpc) is 3.36. The van der Waals surface area contributed by atoms with Gasteiger partial charge in [0.15, 0.2) is 12.4 Å². The van der Waals surface area contributed by atoms with E-state index in [1.807, 2.05) is 0 Å². The quantitative estimate of drug-likeness (QED) is 0.292. The van der Waals surface area contributed by atoms with Gasteiger partial charge in [0.1, 0.15) is 5.76 Å². The van der Waals surface area contributed by atoms with Crippen molar-refractivity contribution in [2.24, 2.45) is 0 Å². The van der Waals surface area contributed by atoms with E-state index in [0.29, 0.717) is 11.3 Å². The number of carbonyl (C=O) groups excluding carboxylic acids is 5. The monoisotopic (exact) mass is 526 g/mol. The van der Waals surface area contributed by atoms with E-state index >= 15 is 0 Å². The van der Waals surface area contributed by atoms with E-state index in [9.17, 15) is 24.0 Å². The molecular formula is C22H15BrN4O7. The lowest BCUT2D eigenvalue weighted by molar-refractivity contribution is -0.125. The summed E-state index contributed by atoms with van der Waals surface area (Å²) >= 11 is 3.25. The van der Waals surface area contributed by atoms with Crippen LogP contribution >= 0.6 is 15.9 Å². The van der Waals surface area contributed by atoms with Crippen LogP contribution in [0.15, 0.2) is 57.5 Å². The molecule has 0 saturated heterocycles. The summed E-state index contributed by atoms with van der Waals surface area (Å²) in [4.78, 5) is 62.4. The molecule has 4 rings (SSSR count). The molecule has 2 N–H and O–H groups in total. The van der Waals surface area contributed by atoms with Gasteiger partial charge in [0.05, 0.1) is 16.7 Å². The van der Waals surface area contributed by atoms with E-state index in [4.69, 9.17) is 9.26 Å². The van der Waals surface area contributed by atoms with E-state index < -0.39 is 36.2 Å². The molecule has 34 heavy (non-hydrogen) atoms. The van der Waals surface area contributed by atoms with Crippen molar-refractivity contribution in [3.8, 4) is 0 Å². The fourth-order valence-corrected chi connectivity index (χ4v) is 3.35. The number of nitrogens with one attached hydrogen (secondary N) is 2. The Balaban J connectivity index is 1.35. The second kappa shape index (κ2) is 9.27. The van der Waals surface area contributed by atoms with Gasteiger partial charge in [-0.3, -0.25) is 30.0 Å². The Hall–Kier alpha value is -4.32. The fraction of sp³-hybridized carbons (Fsp3) is 0.0909. The van der Waals surface area contributed by atoms with Crippen LogP contribution in [0.2, 0.25) is 0 Å². The number of nitrogens with zero attached hydrogens (tertiary/aromatic N) is 2. The molecule has 1 aliphatic rings. The lowest BCUT2D eigenvalue weighted by atomic mass is 10.1.